The number of hydrogen-bond donors (Lipinski definition) is 0. The molecular formula is C11H18O. The van der Waals surface area contributed by atoms with Gasteiger partial charge in [0.1, 0.15) is 5.78 Å². The molecule has 3 saturated carbocycles. The van der Waals surface area contributed by atoms with E-state index in [0.29, 0.717) is 29.0 Å². The maximum absolute atomic E-state index is 11.6. The van der Waals surface area contributed by atoms with Crippen LogP contribution in [0.5, 0.6) is 0 Å². The zero-order valence-corrected chi connectivity index (χ0v) is 8.26. The van der Waals surface area contributed by atoms with E-state index in [1.165, 1.54) is 6.42 Å². The highest BCUT2D eigenvalue weighted by molar-refractivity contribution is 5.83. The SMILES string of the molecule is CC1C2CCC(CC2=O)C1(C)C. The van der Waals surface area contributed by atoms with E-state index in [1.807, 2.05) is 0 Å². The minimum Gasteiger partial charge on any atom is -0.299 e. The molecule has 0 N–H and O–H groups in total. The maximum Gasteiger partial charge on any atom is 0.136 e. The highest BCUT2D eigenvalue weighted by Gasteiger charge is 2.50. The Balaban J connectivity index is 2.31. The second-order valence-corrected chi connectivity index (χ2v) is 5.16. The number of ketones is 1. The standard InChI is InChI=1S/C11H18O/c1-7-9-5-4-8(6-10(9)12)11(7,2)3/h7-9H,4-6H2,1-3H3. The molecule has 0 aliphatic heterocycles. The number of carbonyl (C=O) groups is 1. The molecule has 0 amide bonds. The summed E-state index contributed by atoms with van der Waals surface area (Å²) < 4.78 is 0. The Labute approximate surface area is 74.5 Å². The molecule has 3 aliphatic rings. The van der Waals surface area contributed by atoms with E-state index in [4.69, 9.17) is 0 Å². The fourth-order valence-electron chi connectivity index (χ4n) is 3.09. The van der Waals surface area contributed by atoms with Crippen LogP contribution in [0.3, 0.4) is 0 Å². The zero-order chi connectivity index (χ0) is 8.93. The van der Waals surface area contributed by atoms with Gasteiger partial charge in [-0.05, 0) is 30.1 Å². The molecule has 0 spiro atoms. The molecule has 0 aromatic rings. The summed E-state index contributed by atoms with van der Waals surface area (Å²) in [6.07, 6.45) is 3.31. The van der Waals surface area contributed by atoms with Crippen molar-refractivity contribution in [3.05, 3.63) is 0 Å². The first-order valence-corrected chi connectivity index (χ1v) is 5.06. The summed E-state index contributed by atoms with van der Waals surface area (Å²) in [6.45, 7) is 6.93. The molecule has 1 heteroatoms. The Morgan fingerprint density at radius 3 is 2.42 bits per heavy atom. The van der Waals surface area contributed by atoms with Crippen LogP contribution in [0.25, 0.3) is 0 Å². The largest absolute Gasteiger partial charge is 0.299 e. The summed E-state index contributed by atoms with van der Waals surface area (Å²) in [6, 6.07) is 0. The number of carbonyl (C=O) groups excluding carboxylic acids is 1. The average Bonchev–Trinajstić information content (AvgIpc) is 2.00. The third kappa shape index (κ3) is 0.884. The van der Waals surface area contributed by atoms with Gasteiger partial charge in [-0.15, -0.1) is 0 Å². The topological polar surface area (TPSA) is 17.1 Å². The highest BCUT2D eigenvalue weighted by atomic mass is 16.1. The molecule has 0 aromatic heterocycles. The van der Waals surface area contributed by atoms with E-state index < -0.39 is 0 Å². The third-order valence-electron chi connectivity index (χ3n) is 4.52. The molecular weight excluding hydrogens is 148 g/mol. The van der Waals surface area contributed by atoms with Gasteiger partial charge in [0.05, 0.1) is 0 Å². The molecule has 0 heterocycles. The van der Waals surface area contributed by atoms with Crippen LogP contribution < -0.4 is 0 Å². The van der Waals surface area contributed by atoms with Crippen LogP contribution in [0, 0.1) is 23.2 Å². The molecule has 0 radical (unpaired) electrons. The Hall–Kier alpha value is -0.330. The van der Waals surface area contributed by atoms with Gasteiger partial charge < -0.3 is 0 Å². The van der Waals surface area contributed by atoms with Crippen LogP contribution >= 0.6 is 0 Å². The Morgan fingerprint density at radius 2 is 2.00 bits per heavy atom. The quantitative estimate of drug-likeness (QED) is 0.540. The second kappa shape index (κ2) is 2.34. The normalized spacial score (nSPS) is 44.9. The van der Waals surface area contributed by atoms with E-state index in [0.717, 1.165) is 12.8 Å². The number of rotatable bonds is 0. The van der Waals surface area contributed by atoms with Gasteiger partial charge in [0.2, 0.25) is 0 Å². The summed E-state index contributed by atoms with van der Waals surface area (Å²) in [5, 5.41) is 0. The van der Waals surface area contributed by atoms with Crippen molar-refractivity contribution in [2.24, 2.45) is 23.2 Å². The van der Waals surface area contributed by atoms with E-state index in [9.17, 15) is 4.79 Å². The second-order valence-electron chi connectivity index (χ2n) is 5.16. The summed E-state index contributed by atoms with van der Waals surface area (Å²) in [5.41, 5.74) is 0.414. The first-order valence-electron chi connectivity index (χ1n) is 5.06. The summed E-state index contributed by atoms with van der Waals surface area (Å²) in [5.74, 6) is 2.21. The summed E-state index contributed by atoms with van der Waals surface area (Å²) >= 11 is 0. The van der Waals surface area contributed by atoms with Crippen LogP contribution in [0.4, 0.5) is 0 Å². The van der Waals surface area contributed by atoms with Crippen LogP contribution in [-0.4, -0.2) is 5.78 Å². The van der Waals surface area contributed by atoms with E-state index >= 15 is 0 Å². The molecule has 68 valence electrons. The lowest BCUT2D eigenvalue weighted by Gasteiger charge is -2.52. The van der Waals surface area contributed by atoms with Gasteiger partial charge in [-0.3, -0.25) is 4.79 Å². The van der Waals surface area contributed by atoms with Crippen molar-refractivity contribution in [3.8, 4) is 0 Å². The molecule has 0 saturated heterocycles. The van der Waals surface area contributed by atoms with Gasteiger partial charge in [0.25, 0.3) is 0 Å². The Morgan fingerprint density at radius 1 is 1.33 bits per heavy atom. The minimum atomic E-state index is 0.394. The van der Waals surface area contributed by atoms with E-state index in [1.54, 1.807) is 0 Å². The van der Waals surface area contributed by atoms with Crippen molar-refractivity contribution in [2.45, 2.75) is 40.0 Å². The van der Waals surface area contributed by atoms with Crippen LogP contribution in [-0.2, 0) is 4.79 Å². The predicted octanol–water partition coefficient (Wildman–Crippen LogP) is 2.65. The van der Waals surface area contributed by atoms with Crippen molar-refractivity contribution < 1.29 is 4.79 Å². The predicted molar refractivity (Wildman–Crippen MR) is 48.8 cm³/mol. The average molecular weight is 166 g/mol. The molecule has 3 rings (SSSR count). The smallest absolute Gasteiger partial charge is 0.136 e. The Bertz CT molecular complexity index is 213. The third-order valence-corrected chi connectivity index (χ3v) is 4.52. The van der Waals surface area contributed by atoms with Gasteiger partial charge in [0.15, 0.2) is 0 Å². The first-order chi connectivity index (χ1) is 5.53. The Kier molecular flexibility index (Phi) is 1.61. The first kappa shape index (κ1) is 8.28. The van der Waals surface area contributed by atoms with E-state index in [-0.39, 0.29) is 0 Å². The highest BCUT2D eigenvalue weighted by Crippen LogP contribution is 2.54. The number of Topliss-reactive ketones (excluding diaryl/α,β-unsaturated/α-hetero) is 1. The fourth-order valence-corrected chi connectivity index (χ4v) is 3.09. The van der Waals surface area contributed by atoms with Gasteiger partial charge in [-0.25, -0.2) is 0 Å². The zero-order valence-electron chi connectivity index (χ0n) is 8.26. The number of hydrogen-bond acceptors (Lipinski definition) is 1. The molecule has 3 atom stereocenters. The summed E-state index contributed by atoms with van der Waals surface area (Å²) in [4.78, 5) is 11.6. The van der Waals surface area contributed by atoms with Gasteiger partial charge in [-0.1, -0.05) is 20.8 Å². The molecule has 3 unspecified atom stereocenters. The van der Waals surface area contributed by atoms with Gasteiger partial charge in [0, 0.05) is 12.3 Å². The molecule has 3 aliphatic carbocycles. The van der Waals surface area contributed by atoms with Crippen LogP contribution in [0.1, 0.15) is 40.0 Å². The molecule has 12 heavy (non-hydrogen) atoms. The molecule has 3 fully saturated rings. The van der Waals surface area contributed by atoms with Crippen molar-refractivity contribution in [3.63, 3.8) is 0 Å². The van der Waals surface area contributed by atoms with Crippen LogP contribution in [0.15, 0.2) is 0 Å². The minimum absolute atomic E-state index is 0.394. The van der Waals surface area contributed by atoms with E-state index in [2.05, 4.69) is 20.8 Å². The lowest BCUT2D eigenvalue weighted by molar-refractivity contribution is -0.141. The molecule has 2 bridgehead atoms. The lowest BCUT2D eigenvalue weighted by atomic mass is 9.52. The molecule has 1 nitrogen and oxygen atoms in total. The van der Waals surface area contributed by atoms with Crippen LogP contribution in [0.2, 0.25) is 0 Å². The van der Waals surface area contributed by atoms with Crippen molar-refractivity contribution in [1.82, 2.24) is 0 Å². The number of fused-ring (bicyclic) bond motifs is 3. The van der Waals surface area contributed by atoms with Crippen molar-refractivity contribution in [1.29, 1.82) is 0 Å². The van der Waals surface area contributed by atoms with Gasteiger partial charge >= 0.3 is 0 Å². The molecule has 0 aromatic carbocycles. The summed E-state index contributed by atoms with van der Waals surface area (Å²) in [7, 11) is 0. The van der Waals surface area contributed by atoms with Crippen molar-refractivity contribution >= 4 is 5.78 Å². The van der Waals surface area contributed by atoms with Gasteiger partial charge in [-0.2, -0.15) is 0 Å². The van der Waals surface area contributed by atoms with Crippen molar-refractivity contribution in [2.75, 3.05) is 0 Å². The fraction of sp³-hybridized carbons (Fsp3) is 0.909. The lowest BCUT2D eigenvalue weighted by Crippen LogP contribution is -2.49. The maximum atomic E-state index is 11.6. The monoisotopic (exact) mass is 166 g/mol.